The summed E-state index contributed by atoms with van der Waals surface area (Å²) < 4.78 is 0. The molecule has 0 aromatic heterocycles. The van der Waals surface area contributed by atoms with Gasteiger partial charge in [-0.15, -0.1) is 0 Å². The smallest absolute Gasteiger partial charge is 0.0227 e. The Balaban J connectivity index is 1.87. The monoisotopic (exact) mass is 153 g/mol. The third kappa shape index (κ3) is 1.10. The van der Waals surface area contributed by atoms with Crippen LogP contribution in [0.5, 0.6) is 0 Å². The van der Waals surface area contributed by atoms with E-state index in [1.165, 1.54) is 6.42 Å². The molecule has 11 heavy (non-hydrogen) atoms. The molecule has 64 valence electrons. The number of hydrogen-bond acceptors (Lipinski definition) is 1. The Morgan fingerprint density at radius 3 is 1.91 bits per heavy atom. The molecule has 1 saturated heterocycles. The van der Waals surface area contributed by atoms with Crippen LogP contribution in [0.25, 0.3) is 0 Å². The Morgan fingerprint density at radius 1 is 1.18 bits per heavy atom. The van der Waals surface area contributed by atoms with Gasteiger partial charge < -0.3 is 0 Å². The molecule has 1 aliphatic heterocycles. The fourth-order valence-electron chi connectivity index (χ4n) is 2.52. The van der Waals surface area contributed by atoms with E-state index in [1.807, 2.05) is 0 Å². The van der Waals surface area contributed by atoms with Crippen molar-refractivity contribution in [1.29, 1.82) is 0 Å². The maximum absolute atomic E-state index is 2.65. The van der Waals surface area contributed by atoms with E-state index in [2.05, 4.69) is 32.6 Å². The lowest BCUT2D eigenvalue weighted by Gasteiger charge is -2.12. The Labute approximate surface area is 69.8 Å². The van der Waals surface area contributed by atoms with Gasteiger partial charge in [0.05, 0.1) is 0 Å². The van der Waals surface area contributed by atoms with Gasteiger partial charge in [-0.05, 0) is 39.0 Å². The minimum absolute atomic E-state index is 0.856. The number of rotatable bonds is 2. The highest BCUT2D eigenvalue weighted by Gasteiger charge is 2.50. The molecule has 0 radical (unpaired) electrons. The minimum Gasteiger partial charge on any atom is -0.292 e. The van der Waals surface area contributed by atoms with Crippen LogP contribution < -0.4 is 0 Å². The average Bonchev–Trinajstić information content (AvgIpc) is 2.77. The molecular weight excluding hydrogens is 134 g/mol. The zero-order chi connectivity index (χ0) is 8.17. The van der Waals surface area contributed by atoms with Crippen LogP contribution in [0.1, 0.15) is 34.1 Å². The summed E-state index contributed by atoms with van der Waals surface area (Å²) in [5.41, 5.74) is 0. The molecule has 0 aromatic carbocycles. The first-order valence-corrected chi connectivity index (χ1v) is 4.90. The van der Waals surface area contributed by atoms with E-state index in [1.54, 1.807) is 0 Å². The molecule has 0 spiro atoms. The molecule has 1 saturated carbocycles. The van der Waals surface area contributed by atoms with Crippen molar-refractivity contribution in [3.8, 4) is 0 Å². The van der Waals surface area contributed by atoms with Gasteiger partial charge in [-0.3, -0.25) is 4.90 Å². The average molecular weight is 153 g/mol. The van der Waals surface area contributed by atoms with Crippen LogP contribution in [0.3, 0.4) is 0 Å². The summed E-state index contributed by atoms with van der Waals surface area (Å²) in [4.78, 5) is 2.65. The maximum atomic E-state index is 2.65. The number of nitrogens with zero attached hydrogens (tertiary/aromatic N) is 1. The van der Waals surface area contributed by atoms with Gasteiger partial charge in [-0.1, -0.05) is 6.92 Å². The lowest BCUT2D eigenvalue weighted by molar-refractivity contribution is 0.336. The lowest BCUT2D eigenvalue weighted by Crippen LogP contribution is -2.20. The third-order valence-corrected chi connectivity index (χ3v) is 3.81. The largest absolute Gasteiger partial charge is 0.292 e. The van der Waals surface area contributed by atoms with Crippen LogP contribution in [-0.2, 0) is 0 Å². The molecule has 0 bridgehead atoms. The number of hydrogen-bond donors (Lipinski definition) is 0. The summed E-state index contributed by atoms with van der Waals surface area (Å²) in [6.45, 7) is 9.45. The van der Waals surface area contributed by atoms with Crippen LogP contribution in [0.2, 0.25) is 0 Å². The zero-order valence-corrected chi connectivity index (χ0v) is 8.04. The van der Waals surface area contributed by atoms with E-state index in [9.17, 15) is 0 Å². The van der Waals surface area contributed by atoms with Crippen LogP contribution in [-0.4, -0.2) is 23.0 Å². The molecule has 0 aromatic rings. The van der Waals surface area contributed by atoms with Crippen molar-refractivity contribution in [3.63, 3.8) is 0 Å². The van der Waals surface area contributed by atoms with Crippen LogP contribution >= 0.6 is 0 Å². The molecule has 2 aliphatic rings. The molecule has 1 nitrogen and oxygen atoms in total. The highest BCUT2D eigenvalue weighted by atomic mass is 15.4. The SMILES string of the molecule is CC1CC1C(C)N1C(C)C1C. The molecule has 2 rings (SSSR count). The summed E-state index contributed by atoms with van der Waals surface area (Å²) in [6.07, 6.45) is 1.47. The topological polar surface area (TPSA) is 3.01 Å². The first-order valence-electron chi connectivity index (χ1n) is 4.90. The lowest BCUT2D eigenvalue weighted by atomic mass is 10.2. The quantitative estimate of drug-likeness (QED) is 0.549. The van der Waals surface area contributed by atoms with Crippen molar-refractivity contribution in [2.24, 2.45) is 11.8 Å². The van der Waals surface area contributed by atoms with Gasteiger partial charge >= 0.3 is 0 Å². The van der Waals surface area contributed by atoms with Gasteiger partial charge in [-0.25, -0.2) is 0 Å². The van der Waals surface area contributed by atoms with Crippen LogP contribution in [0, 0.1) is 11.8 Å². The second-order valence-electron chi connectivity index (χ2n) is 4.55. The fourth-order valence-corrected chi connectivity index (χ4v) is 2.52. The van der Waals surface area contributed by atoms with Crippen molar-refractivity contribution in [3.05, 3.63) is 0 Å². The zero-order valence-electron chi connectivity index (χ0n) is 8.04. The van der Waals surface area contributed by atoms with Crippen molar-refractivity contribution in [2.45, 2.75) is 52.2 Å². The van der Waals surface area contributed by atoms with E-state index in [4.69, 9.17) is 0 Å². The maximum Gasteiger partial charge on any atom is 0.0227 e. The van der Waals surface area contributed by atoms with E-state index in [0.717, 1.165) is 30.0 Å². The molecule has 0 N–H and O–H groups in total. The van der Waals surface area contributed by atoms with Gasteiger partial charge in [0.2, 0.25) is 0 Å². The predicted molar refractivity (Wildman–Crippen MR) is 47.5 cm³/mol. The molecule has 1 heteroatoms. The first-order chi connectivity index (χ1) is 5.13. The van der Waals surface area contributed by atoms with Gasteiger partial charge in [-0.2, -0.15) is 0 Å². The molecule has 5 unspecified atom stereocenters. The summed E-state index contributed by atoms with van der Waals surface area (Å²) in [6, 6.07) is 2.57. The molecule has 2 fully saturated rings. The second-order valence-corrected chi connectivity index (χ2v) is 4.55. The van der Waals surface area contributed by atoms with Crippen molar-refractivity contribution in [1.82, 2.24) is 4.90 Å². The van der Waals surface area contributed by atoms with Crippen LogP contribution in [0.4, 0.5) is 0 Å². The van der Waals surface area contributed by atoms with Gasteiger partial charge in [0, 0.05) is 18.1 Å². The summed E-state index contributed by atoms with van der Waals surface area (Å²) in [7, 11) is 0. The fraction of sp³-hybridized carbons (Fsp3) is 1.00. The second kappa shape index (κ2) is 2.22. The van der Waals surface area contributed by atoms with E-state index < -0.39 is 0 Å². The molecule has 0 amide bonds. The Bertz CT molecular complexity index is 158. The first kappa shape index (κ1) is 7.60. The summed E-state index contributed by atoms with van der Waals surface area (Å²) in [5.74, 6) is 2.02. The molecular formula is C10H19N. The van der Waals surface area contributed by atoms with Crippen molar-refractivity contribution >= 4 is 0 Å². The van der Waals surface area contributed by atoms with E-state index >= 15 is 0 Å². The van der Waals surface area contributed by atoms with E-state index in [-0.39, 0.29) is 0 Å². The highest BCUT2D eigenvalue weighted by molar-refractivity contribution is 5.04. The van der Waals surface area contributed by atoms with Gasteiger partial charge in [0.25, 0.3) is 0 Å². The van der Waals surface area contributed by atoms with Crippen molar-refractivity contribution in [2.75, 3.05) is 0 Å². The summed E-state index contributed by atoms with van der Waals surface area (Å²) >= 11 is 0. The molecule has 5 atom stereocenters. The Morgan fingerprint density at radius 2 is 1.64 bits per heavy atom. The van der Waals surface area contributed by atoms with Gasteiger partial charge in [0.1, 0.15) is 0 Å². The van der Waals surface area contributed by atoms with Crippen molar-refractivity contribution < 1.29 is 0 Å². The standard InChI is InChI=1S/C10H19N/c1-6-5-10(6)9(4)11-7(2)8(11)3/h6-10H,5H2,1-4H3. The van der Waals surface area contributed by atoms with Gasteiger partial charge in [0.15, 0.2) is 0 Å². The Hall–Kier alpha value is -0.0400. The summed E-state index contributed by atoms with van der Waals surface area (Å²) in [5, 5.41) is 0. The normalized spacial score (nSPS) is 57.3. The Kier molecular flexibility index (Phi) is 1.54. The predicted octanol–water partition coefficient (Wildman–Crippen LogP) is 2.12. The van der Waals surface area contributed by atoms with E-state index in [0.29, 0.717) is 0 Å². The highest BCUT2D eigenvalue weighted by Crippen LogP contribution is 2.46. The minimum atomic E-state index is 0.856. The molecule has 1 aliphatic carbocycles. The molecule has 1 heterocycles. The third-order valence-electron chi connectivity index (χ3n) is 3.81. The van der Waals surface area contributed by atoms with Crippen LogP contribution in [0.15, 0.2) is 0 Å².